The molecule has 7 heteroatoms. The number of nitrogens with one attached hydrogen (secondary N) is 1. The number of aromatic nitrogens is 2. The van der Waals surface area contributed by atoms with E-state index in [0.29, 0.717) is 29.6 Å². The number of fused-ring (bicyclic) bond motifs is 1. The zero-order chi connectivity index (χ0) is 21.5. The molecule has 0 bridgehead atoms. The fourth-order valence-electron chi connectivity index (χ4n) is 4.50. The van der Waals surface area contributed by atoms with Gasteiger partial charge < -0.3 is 10.0 Å². The van der Waals surface area contributed by atoms with Gasteiger partial charge in [-0.25, -0.2) is 4.39 Å². The van der Waals surface area contributed by atoms with Gasteiger partial charge in [0.15, 0.2) is 0 Å². The smallest absolute Gasteiger partial charge is 0.253 e. The zero-order valence-corrected chi connectivity index (χ0v) is 17.8. The van der Waals surface area contributed by atoms with E-state index in [1.54, 1.807) is 6.20 Å². The lowest BCUT2D eigenvalue weighted by Crippen LogP contribution is -2.43. The van der Waals surface area contributed by atoms with E-state index in [1.807, 2.05) is 49.1 Å². The van der Waals surface area contributed by atoms with Crippen LogP contribution in [0.2, 0.25) is 5.02 Å². The molecule has 3 aromatic rings. The van der Waals surface area contributed by atoms with Crippen LogP contribution in [0, 0.1) is 17.2 Å². The van der Waals surface area contributed by atoms with Crippen LogP contribution in [0.3, 0.4) is 0 Å². The van der Waals surface area contributed by atoms with Gasteiger partial charge in [-0.3, -0.25) is 9.89 Å². The van der Waals surface area contributed by atoms with Crippen LogP contribution in [0.5, 0.6) is 0 Å². The highest BCUT2D eigenvalue weighted by Crippen LogP contribution is 2.47. The molecule has 0 aliphatic carbocycles. The largest absolute Gasteiger partial charge is 0.388 e. The number of aliphatic hydroxyl groups excluding tert-OH is 1. The van der Waals surface area contributed by atoms with Crippen LogP contribution in [0.1, 0.15) is 48.7 Å². The van der Waals surface area contributed by atoms with Crippen LogP contribution in [0.15, 0.2) is 42.6 Å². The summed E-state index contributed by atoms with van der Waals surface area (Å²) in [5.41, 5.74) is 0.681. The molecule has 1 unspecified atom stereocenters. The number of hydrogen-bond acceptors (Lipinski definition) is 3. The quantitative estimate of drug-likeness (QED) is 0.615. The van der Waals surface area contributed by atoms with Crippen molar-refractivity contribution in [3.05, 3.63) is 64.6 Å². The third kappa shape index (κ3) is 3.59. The summed E-state index contributed by atoms with van der Waals surface area (Å²) in [5, 5.41) is 18.6. The molecule has 2 aromatic carbocycles. The molecule has 5 nitrogen and oxygen atoms in total. The van der Waals surface area contributed by atoms with Crippen molar-refractivity contribution < 1.29 is 14.3 Å². The first kappa shape index (κ1) is 20.8. The predicted molar refractivity (Wildman–Crippen MR) is 115 cm³/mol. The van der Waals surface area contributed by atoms with Crippen molar-refractivity contribution in [1.29, 1.82) is 0 Å². The van der Waals surface area contributed by atoms with Crippen molar-refractivity contribution in [2.45, 2.75) is 32.8 Å². The summed E-state index contributed by atoms with van der Waals surface area (Å²) < 4.78 is 14.9. The van der Waals surface area contributed by atoms with Gasteiger partial charge >= 0.3 is 0 Å². The molecule has 1 aliphatic rings. The maximum atomic E-state index is 14.9. The molecule has 4 rings (SSSR count). The first-order chi connectivity index (χ1) is 14.3. The third-order valence-corrected chi connectivity index (χ3v) is 6.77. The van der Waals surface area contributed by atoms with E-state index < -0.39 is 17.3 Å². The van der Waals surface area contributed by atoms with Gasteiger partial charge in [0.1, 0.15) is 5.82 Å². The van der Waals surface area contributed by atoms with Gasteiger partial charge in [-0.15, -0.1) is 0 Å². The number of likely N-dealkylation sites (tertiary alicyclic amines) is 1. The number of halogens is 2. The second-order valence-corrected chi connectivity index (χ2v) is 8.98. The number of aliphatic hydroxyl groups is 1. The van der Waals surface area contributed by atoms with Crippen LogP contribution in [0.4, 0.5) is 4.39 Å². The number of amides is 1. The summed E-state index contributed by atoms with van der Waals surface area (Å²) >= 11 is 6.07. The highest BCUT2D eigenvalue weighted by atomic mass is 35.5. The molecule has 0 saturated carbocycles. The predicted octanol–water partition coefficient (Wildman–Crippen LogP) is 4.97. The van der Waals surface area contributed by atoms with Crippen molar-refractivity contribution in [2.75, 3.05) is 13.1 Å². The lowest BCUT2D eigenvalue weighted by Gasteiger charge is -2.43. The fraction of sp³-hybridized carbons (Fsp3) is 0.391. The minimum Gasteiger partial charge on any atom is -0.388 e. The zero-order valence-electron chi connectivity index (χ0n) is 17.0. The van der Waals surface area contributed by atoms with E-state index in [1.165, 1.54) is 6.07 Å². The summed E-state index contributed by atoms with van der Waals surface area (Å²) in [6.07, 6.45) is 1.96. The Morgan fingerprint density at radius 2 is 1.97 bits per heavy atom. The molecule has 2 N–H and O–H groups in total. The average Bonchev–Trinajstić information content (AvgIpc) is 3.22. The Morgan fingerprint density at radius 1 is 1.30 bits per heavy atom. The maximum absolute atomic E-state index is 14.9. The second kappa shape index (κ2) is 8.00. The first-order valence-electron chi connectivity index (χ1n) is 10.1. The Kier molecular flexibility index (Phi) is 5.55. The number of benzene rings is 2. The van der Waals surface area contributed by atoms with E-state index in [0.717, 1.165) is 12.8 Å². The lowest BCUT2D eigenvalue weighted by molar-refractivity contribution is -0.0181. The van der Waals surface area contributed by atoms with Gasteiger partial charge in [-0.1, -0.05) is 43.6 Å². The Balaban J connectivity index is 1.53. The van der Waals surface area contributed by atoms with E-state index in [9.17, 15) is 14.3 Å². The molecule has 1 saturated heterocycles. The second-order valence-electron chi connectivity index (χ2n) is 8.58. The van der Waals surface area contributed by atoms with Crippen LogP contribution in [0.25, 0.3) is 10.9 Å². The normalized spacial score (nSPS) is 16.8. The van der Waals surface area contributed by atoms with E-state index in [4.69, 9.17) is 11.6 Å². The van der Waals surface area contributed by atoms with Crippen LogP contribution in [-0.4, -0.2) is 39.2 Å². The number of rotatable bonds is 4. The van der Waals surface area contributed by atoms with Gasteiger partial charge in [0.2, 0.25) is 0 Å². The van der Waals surface area contributed by atoms with Crippen LogP contribution in [-0.2, 0) is 0 Å². The van der Waals surface area contributed by atoms with Gasteiger partial charge in [-0.2, -0.15) is 5.10 Å². The minimum atomic E-state index is -1.07. The average molecular weight is 430 g/mol. The molecule has 1 atom stereocenters. The molecule has 1 aliphatic heterocycles. The summed E-state index contributed by atoms with van der Waals surface area (Å²) in [6, 6.07) is 10.7. The van der Waals surface area contributed by atoms with Gasteiger partial charge in [-0.05, 0) is 42.4 Å². The molecule has 1 amide bonds. The number of carbonyl (C=O) groups is 1. The van der Waals surface area contributed by atoms with Gasteiger partial charge in [0.25, 0.3) is 5.91 Å². The summed E-state index contributed by atoms with van der Waals surface area (Å²) in [7, 11) is 0. The van der Waals surface area contributed by atoms with Crippen molar-refractivity contribution >= 4 is 28.4 Å². The number of piperidine rings is 1. The third-order valence-electron chi connectivity index (χ3n) is 6.50. The Labute approximate surface area is 179 Å². The van der Waals surface area contributed by atoms with Crippen LogP contribution < -0.4 is 0 Å². The van der Waals surface area contributed by atoms with Gasteiger partial charge in [0.05, 0.1) is 22.8 Å². The van der Waals surface area contributed by atoms with Crippen LogP contribution >= 0.6 is 11.6 Å². The summed E-state index contributed by atoms with van der Waals surface area (Å²) in [5.74, 6) is -0.484. The molecule has 1 fully saturated rings. The topological polar surface area (TPSA) is 69.2 Å². The highest BCUT2D eigenvalue weighted by molar-refractivity contribution is 6.31. The summed E-state index contributed by atoms with van der Waals surface area (Å²) in [4.78, 5) is 14.6. The van der Waals surface area contributed by atoms with Crippen molar-refractivity contribution in [1.82, 2.24) is 15.1 Å². The number of hydrogen-bond donors (Lipinski definition) is 2. The molecule has 1 aromatic heterocycles. The Bertz CT molecular complexity index is 1060. The molecule has 30 heavy (non-hydrogen) atoms. The lowest BCUT2D eigenvalue weighted by atomic mass is 9.68. The SMILES string of the molecule is CC(C)(C1CCN(C(=O)c2ccccc2)CC1)C(O)c1c(F)c(Cl)cc2cn[nH]c12. The molecule has 0 spiro atoms. The molecule has 158 valence electrons. The number of H-pyrrole nitrogens is 1. The van der Waals surface area contributed by atoms with E-state index >= 15 is 0 Å². The Morgan fingerprint density at radius 3 is 2.63 bits per heavy atom. The fourth-order valence-corrected chi connectivity index (χ4v) is 4.72. The number of nitrogens with zero attached hydrogens (tertiary/aromatic N) is 2. The van der Waals surface area contributed by atoms with E-state index in [2.05, 4.69) is 10.2 Å². The molecular weight excluding hydrogens is 405 g/mol. The molecule has 2 heterocycles. The Hall–Kier alpha value is -2.44. The highest BCUT2D eigenvalue weighted by Gasteiger charge is 2.41. The molecular formula is C23H25ClFN3O2. The first-order valence-corrected chi connectivity index (χ1v) is 10.5. The number of carbonyl (C=O) groups excluding carboxylic acids is 1. The maximum Gasteiger partial charge on any atom is 0.253 e. The minimum absolute atomic E-state index is 0.0208. The standard InChI is InChI=1S/C23H25ClFN3O2/c1-23(2,21(29)18-19(25)17(24)12-15-13-26-27-20(15)18)16-8-10-28(11-9-16)22(30)14-6-4-3-5-7-14/h3-7,12-13,16,21,29H,8-11H2,1-2H3,(H,26,27). The molecule has 0 radical (unpaired) electrons. The van der Waals surface area contributed by atoms with E-state index in [-0.39, 0.29) is 22.4 Å². The monoisotopic (exact) mass is 429 g/mol. The van der Waals surface area contributed by atoms with Crippen molar-refractivity contribution in [2.24, 2.45) is 11.3 Å². The van der Waals surface area contributed by atoms with Crippen molar-refractivity contribution in [3.63, 3.8) is 0 Å². The van der Waals surface area contributed by atoms with Crippen molar-refractivity contribution in [3.8, 4) is 0 Å². The summed E-state index contributed by atoms with van der Waals surface area (Å²) in [6.45, 7) is 5.09. The number of aromatic amines is 1. The van der Waals surface area contributed by atoms with Gasteiger partial charge in [0, 0.05) is 29.6 Å².